The molecule has 140 valence electrons. The van der Waals surface area contributed by atoms with Crippen molar-refractivity contribution in [1.82, 2.24) is 0 Å². The van der Waals surface area contributed by atoms with Crippen LogP contribution in [0.3, 0.4) is 0 Å². The van der Waals surface area contributed by atoms with Crippen LogP contribution in [0.2, 0.25) is 0 Å². The third-order valence-corrected chi connectivity index (χ3v) is 5.10. The highest BCUT2D eigenvalue weighted by atomic mass is 32.2. The van der Waals surface area contributed by atoms with E-state index < -0.39 is 16.1 Å². The van der Waals surface area contributed by atoms with Gasteiger partial charge in [0.2, 0.25) is 11.8 Å². The minimum Gasteiger partial charge on any atom is -0.494 e. The van der Waals surface area contributed by atoms with Crippen molar-refractivity contribution in [1.29, 1.82) is 0 Å². The molecule has 1 unspecified atom stereocenters. The summed E-state index contributed by atoms with van der Waals surface area (Å²) < 4.78 is 5.25. The zero-order chi connectivity index (χ0) is 19.4. The van der Waals surface area contributed by atoms with Crippen molar-refractivity contribution in [2.24, 2.45) is 0 Å². The SMILES string of the molecule is CCOc1ccc(NC(=O)CC2Sc3ccccc3NC2=O)c([N+](=O)[O-])c1. The minimum absolute atomic E-state index is 0.0649. The van der Waals surface area contributed by atoms with Crippen molar-refractivity contribution >= 4 is 40.6 Å². The number of nitrogens with zero attached hydrogens (tertiary/aromatic N) is 1. The van der Waals surface area contributed by atoms with Gasteiger partial charge in [-0.25, -0.2) is 0 Å². The van der Waals surface area contributed by atoms with Gasteiger partial charge in [0.05, 0.1) is 28.5 Å². The average molecular weight is 387 g/mol. The maximum atomic E-state index is 12.4. The van der Waals surface area contributed by atoms with Gasteiger partial charge in [-0.05, 0) is 31.2 Å². The number of ether oxygens (including phenoxy) is 1. The van der Waals surface area contributed by atoms with E-state index in [0.717, 1.165) is 4.90 Å². The maximum Gasteiger partial charge on any atom is 0.296 e. The highest BCUT2D eigenvalue weighted by Crippen LogP contribution is 2.37. The Hall–Kier alpha value is -3.07. The van der Waals surface area contributed by atoms with Gasteiger partial charge in [0.15, 0.2) is 0 Å². The number of thioether (sulfide) groups is 1. The summed E-state index contributed by atoms with van der Waals surface area (Å²) >= 11 is 1.30. The highest BCUT2D eigenvalue weighted by Gasteiger charge is 2.29. The second kappa shape index (κ2) is 8.09. The van der Waals surface area contributed by atoms with Crippen molar-refractivity contribution in [2.45, 2.75) is 23.5 Å². The number of hydrogen-bond acceptors (Lipinski definition) is 6. The van der Waals surface area contributed by atoms with Crippen LogP contribution in [-0.2, 0) is 9.59 Å². The summed E-state index contributed by atoms with van der Waals surface area (Å²) in [6.45, 7) is 2.14. The molecule has 0 aromatic heterocycles. The number of nitro benzene ring substituents is 1. The standard InChI is InChI=1S/C18H17N3O5S/c1-2-26-11-7-8-12(14(9-11)21(24)25)19-17(22)10-16-18(23)20-13-5-3-4-6-15(13)27-16/h3-9,16H,2,10H2,1H3,(H,19,22)(H,20,23). The van der Waals surface area contributed by atoms with Gasteiger partial charge in [-0.1, -0.05) is 12.1 Å². The monoisotopic (exact) mass is 387 g/mol. The van der Waals surface area contributed by atoms with Crippen molar-refractivity contribution in [2.75, 3.05) is 17.2 Å². The first-order valence-corrected chi connectivity index (χ1v) is 9.13. The number of hydrogen-bond donors (Lipinski definition) is 2. The predicted octanol–water partition coefficient (Wildman–Crippen LogP) is 3.44. The number of anilines is 2. The summed E-state index contributed by atoms with van der Waals surface area (Å²) in [6, 6.07) is 11.6. The van der Waals surface area contributed by atoms with Crippen LogP contribution in [0.4, 0.5) is 17.1 Å². The number of nitro groups is 1. The van der Waals surface area contributed by atoms with E-state index in [-0.39, 0.29) is 23.7 Å². The molecular formula is C18H17N3O5S. The molecule has 8 nitrogen and oxygen atoms in total. The Morgan fingerprint density at radius 2 is 2.11 bits per heavy atom. The molecule has 0 fully saturated rings. The van der Waals surface area contributed by atoms with Crippen molar-refractivity contribution in [3.05, 3.63) is 52.6 Å². The van der Waals surface area contributed by atoms with Gasteiger partial charge in [0.1, 0.15) is 11.4 Å². The molecule has 3 rings (SSSR count). The molecule has 27 heavy (non-hydrogen) atoms. The number of carbonyl (C=O) groups is 2. The van der Waals surface area contributed by atoms with E-state index in [9.17, 15) is 19.7 Å². The van der Waals surface area contributed by atoms with Gasteiger partial charge in [-0.15, -0.1) is 11.8 Å². The van der Waals surface area contributed by atoms with Crippen LogP contribution >= 0.6 is 11.8 Å². The number of benzene rings is 2. The quantitative estimate of drug-likeness (QED) is 0.580. The predicted molar refractivity (Wildman–Crippen MR) is 102 cm³/mol. The van der Waals surface area contributed by atoms with E-state index in [1.165, 1.54) is 23.9 Å². The molecule has 1 aliphatic rings. The Kier molecular flexibility index (Phi) is 5.60. The lowest BCUT2D eigenvalue weighted by molar-refractivity contribution is -0.384. The highest BCUT2D eigenvalue weighted by molar-refractivity contribution is 8.01. The third kappa shape index (κ3) is 4.37. The molecule has 0 saturated carbocycles. The van der Waals surface area contributed by atoms with Crippen LogP contribution in [0.15, 0.2) is 47.4 Å². The normalized spacial score (nSPS) is 15.4. The summed E-state index contributed by atoms with van der Waals surface area (Å²) in [5.74, 6) is -0.398. The second-order valence-corrected chi connectivity index (χ2v) is 6.96. The smallest absolute Gasteiger partial charge is 0.296 e. The van der Waals surface area contributed by atoms with Crippen LogP contribution in [0.5, 0.6) is 5.75 Å². The summed E-state index contributed by atoms with van der Waals surface area (Å²) in [7, 11) is 0. The Bertz CT molecular complexity index is 902. The topological polar surface area (TPSA) is 111 Å². The van der Waals surface area contributed by atoms with Gasteiger partial charge in [-0.3, -0.25) is 19.7 Å². The number of amides is 2. The fraction of sp³-hybridized carbons (Fsp3) is 0.222. The first-order chi connectivity index (χ1) is 13.0. The lowest BCUT2D eigenvalue weighted by Gasteiger charge is -2.23. The first-order valence-electron chi connectivity index (χ1n) is 8.25. The average Bonchev–Trinajstić information content (AvgIpc) is 2.63. The second-order valence-electron chi connectivity index (χ2n) is 5.71. The molecular weight excluding hydrogens is 370 g/mol. The fourth-order valence-electron chi connectivity index (χ4n) is 2.62. The van der Waals surface area contributed by atoms with E-state index in [0.29, 0.717) is 18.0 Å². The molecule has 1 atom stereocenters. The van der Waals surface area contributed by atoms with Gasteiger partial charge >= 0.3 is 0 Å². The molecule has 0 aliphatic carbocycles. The Labute approximate surface area is 159 Å². The zero-order valence-electron chi connectivity index (χ0n) is 14.4. The molecule has 2 amide bonds. The van der Waals surface area contributed by atoms with E-state index in [1.54, 1.807) is 19.1 Å². The summed E-state index contributed by atoms with van der Waals surface area (Å²) in [5, 5.41) is 15.9. The molecule has 2 aromatic carbocycles. The van der Waals surface area contributed by atoms with Gasteiger partial charge in [0.25, 0.3) is 5.69 Å². The number of rotatable bonds is 6. The lowest BCUT2D eigenvalue weighted by Crippen LogP contribution is -2.32. The van der Waals surface area contributed by atoms with Crippen molar-refractivity contribution in [3.8, 4) is 5.75 Å². The van der Waals surface area contributed by atoms with Crippen LogP contribution in [-0.4, -0.2) is 28.6 Å². The van der Waals surface area contributed by atoms with Gasteiger partial charge in [0, 0.05) is 11.3 Å². The molecule has 9 heteroatoms. The molecule has 0 bridgehead atoms. The molecule has 2 aromatic rings. The Morgan fingerprint density at radius 1 is 1.33 bits per heavy atom. The van der Waals surface area contributed by atoms with Crippen LogP contribution in [0, 0.1) is 10.1 Å². The summed E-state index contributed by atoms with van der Waals surface area (Å²) in [4.78, 5) is 36.1. The van der Waals surface area contributed by atoms with Gasteiger partial charge in [-0.2, -0.15) is 0 Å². The minimum atomic E-state index is -0.610. The van der Waals surface area contributed by atoms with Crippen LogP contribution in [0.25, 0.3) is 0 Å². The Morgan fingerprint density at radius 3 is 2.85 bits per heavy atom. The third-order valence-electron chi connectivity index (χ3n) is 3.83. The molecule has 2 N–H and O–H groups in total. The first kappa shape index (κ1) is 18.7. The van der Waals surface area contributed by atoms with Crippen LogP contribution in [0.1, 0.15) is 13.3 Å². The number of carbonyl (C=O) groups excluding carboxylic acids is 2. The molecule has 1 heterocycles. The van der Waals surface area contributed by atoms with E-state index >= 15 is 0 Å². The fourth-order valence-corrected chi connectivity index (χ4v) is 3.73. The molecule has 1 aliphatic heterocycles. The van der Waals surface area contributed by atoms with E-state index in [2.05, 4.69) is 10.6 Å². The van der Waals surface area contributed by atoms with Crippen molar-refractivity contribution < 1.29 is 19.2 Å². The summed E-state index contributed by atoms with van der Waals surface area (Å²) in [5.41, 5.74) is 0.516. The Balaban J connectivity index is 1.71. The lowest BCUT2D eigenvalue weighted by atomic mass is 10.2. The molecule has 0 radical (unpaired) electrons. The number of fused-ring (bicyclic) bond motifs is 1. The van der Waals surface area contributed by atoms with E-state index in [1.807, 2.05) is 18.2 Å². The van der Waals surface area contributed by atoms with E-state index in [4.69, 9.17) is 4.74 Å². The number of nitrogens with one attached hydrogen (secondary N) is 2. The zero-order valence-corrected chi connectivity index (χ0v) is 15.2. The number of para-hydroxylation sites is 1. The summed E-state index contributed by atoms with van der Waals surface area (Å²) in [6.07, 6.45) is -0.102. The van der Waals surface area contributed by atoms with Gasteiger partial charge < -0.3 is 15.4 Å². The maximum absolute atomic E-state index is 12.4. The largest absolute Gasteiger partial charge is 0.494 e. The van der Waals surface area contributed by atoms with Crippen LogP contribution < -0.4 is 15.4 Å². The molecule has 0 saturated heterocycles. The molecule has 0 spiro atoms. The van der Waals surface area contributed by atoms with Crippen molar-refractivity contribution in [3.63, 3.8) is 0 Å².